The number of nitrogens with one attached hydrogen (secondary N) is 1. The molecular formula is C23H29BrN4O4. The van der Waals surface area contributed by atoms with E-state index in [1.165, 1.54) is 0 Å². The molecule has 0 aliphatic carbocycles. The summed E-state index contributed by atoms with van der Waals surface area (Å²) >= 11 is 3.45. The molecule has 3 rings (SSSR count). The third kappa shape index (κ3) is 5.56. The van der Waals surface area contributed by atoms with Crippen molar-refractivity contribution in [3.8, 4) is 0 Å². The maximum Gasteiger partial charge on any atom is 0.410 e. The Balaban J connectivity index is 1.88. The number of carbonyl (C=O) groups is 3. The summed E-state index contributed by atoms with van der Waals surface area (Å²) in [6.07, 6.45) is 0.265. The van der Waals surface area contributed by atoms with Crippen molar-refractivity contribution in [2.75, 3.05) is 13.6 Å². The molecule has 2 aromatic rings. The zero-order valence-electron chi connectivity index (χ0n) is 18.9. The number of Topliss-reactive ketones (excluding diaryl/α,β-unsaturated/α-hetero) is 1. The van der Waals surface area contributed by atoms with Gasteiger partial charge in [-0.05, 0) is 48.7 Å². The summed E-state index contributed by atoms with van der Waals surface area (Å²) in [6.45, 7) is 6.81. The number of ketones is 1. The Morgan fingerprint density at radius 3 is 2.50 bits per heavy atom. The lowest BCUT2D eigenvalue weighted by Gasteiger charge is -2.26. The van der Waals surface area contributed by atoms with Gasteiger partial charge < -0.3 is 19.5 Å². The van der Waals surface area contributed by atoms with Crippen molar-refractivity contribution in [2.24, 2.45) is 0 Å². The van der Waals surface area contributed by atoms with E-state index < -0.39 is 17.6 Å². The first-order chi connectivity index (χ1) is 15.1. The van der Waals surface area contributed by atoms with Gasteiger partial charge in [0.15, 0.2) is 10.5 Å². The van der Waals surface area contributed by atoms with Gasteiger partial charge in [0.1, 0.15) is 11.3 Å². The van der Waals surface area contributed by atoms with Gasteiger partial charge in [0.05, 0.1) is 18.2 Å². The first-order valence-electron chi connectivity index (χ1n) is 10.6. The zero-order chi connectivity index (χ0) is 23.5. The lowest BCUT2D eigenvalue weighted by Crippen LogP contribution is -2.36. The number of halogens is 1. The summed E-state index contributed by atoms with van der Waals surface area (Å²) in [4.78, 5) is 44.6. The van der Waals surface area contributed by atoms with Gasteiger partial charge in [0, 0.05) is 26.6 Å². The average Bonchev–Trinajstić information content (AvgIpc) is 2.91. The Bertz CT molecular complexity index is 997. The number of amides is 2. The number of ether oxygens (including phenoxy) is 1. The molecule has 1 aliphatic rings. The minimum atomic E-state index is -0.627. The molecule has 2 amide bonds. The van der Waals surface area contributed by atoms with Gasteiger partial charge in [-0.1, -0.05) is 30.3 Å². The highest BCUT2D eigenvalue weighted by atomic mass is 79.9. The first-order valence-corrected chi connectivity index (χ1v) is 11.4. The number of aromatic nitrogens is 2. The van der Waals surface area contributed by atoms with Crippen LogP contribution in [0.25, 0.3) is 0 Å². The van der Waals surface area contributed by atoms with Crippen molar-refractivity contribution in [2.45, 2.75) is 58.2 Å². The summed E-state index contributed by atoms with van der Waals surface area (Å²) in [5.41, 5.74) is 1.07. The van der Waals surface area contributed by atoms with Crippen molar-refractivity contribution in [3.63, 3.8) is 0 Å². The van der Waals surface area contributed by atoms with Gasteiger partial charge >= 0.3 is 6.09 Å². The predicted molar refractivity (Wildman–Crippen MR) is 123 cm³/mol. The summed E-state index contributed by atoms with van der Waals surface area (Å²) in [6, 6.07) is 9.22. The Morgan fingerprint density at radius 1 is 1.19 bits per heavy atom. The molecule has 172 valence electrons. The van der Waals surface area contributed by atoms with Gasteiger partial charge in [-0.2, -0.15) is 0 Å². The van der Waals surface area contributed by atoms with E-state index in [-0.39, 0.29) is 30.3 Å². The number of hydrogen-bond acceptors (Lipinski definition) is 5. The Kier molecular flexibility index (Phi) is 7.38. The maximum atomic E-state index is 13.3. The van der Waals surface area contributed by atoms with E-state index in [4.69, 9.17) is 4.74 Å². The summed E-state index contributed by atoms with van der Waals surface area (Å²) in [5, 5.41) is 2.65. The van der Waals surface area contributed by atoms with E-state index in [0.29, 0.717) is 29.9 Å². The van der Waals surface area contributed by atoms with Crippen molar-refractivity contribution < 1.29 is 19.1 Å². The minimum absolute atomic E-state index is 0.0213. The van der Waals surface area contributed by atoms with E-state index in [0.717, 1.165) is 5.56 Å². The van der Waals surface area contributed by atoms with Crippen LogP contribution in [0.1, 0.15) is 61.3 Å². The minimum Gasteiger partial charge on any atom is -0.444 e. The standard InChI is InChI=1S/C23H29BrN4O4/c1-23(2,3)32-22(31)27-11-8-12-28-17(14-27)19(26-21(28)24)18(29)13-16(20(30)25-4)15-9-6-5-7-10-15/h5-7,9-10,16H,8,11-14H2,1-4H3,(H,25,30)/t16-/m0/s1. The Labute approximate surface area is 196 Å². The van der Waals surface area contributed by atoms with Crippen molar-refractivity contribution in [1.82, 2.24) is 19.8 Å². The van der Waals surface area contributed by atoms with Gasteiger partial charge in [0.2, 0.25) is 5.91 Å². The van der Waals surface area contributed by atoms with Gasteiger partial charge in [0.25, 0.3) is 0 Å². The van der Waals surface area contributed by atoms with Crippen LogP contribution in [0.15, 0.2) is 35.1 Å². The third-order valence-corrected chi connectivity index (χ3v) is 5.85. The molecule has 1 aromatic heterocycles. The third-order valence-electron chi connectivity index (χ3n) is 5.25. The van der Waals surface area contributed by atoms with Crippen LogP contribution in [0, 0.1) is 0 Å². The van der Waals surface area contributed by atoms with Crippen LogP contribution in [0.4, 0.5) is 4.79 Å². The van der Waals surface area contributed by atoms with E-state index >= 15 is 0 Å². The summed E-state index contributed by atoms with van der Waals surface area (Å²) in [7, 11) is 1.56. The molecule has 1 N–H and O–H groups in total. The second-order valence-corrected chi connectivity index (χ2v) is 9.50. The molecule has 1 aliphatic heterocycles. The van der Waals surface area contributed by atoms with E-state index in [1.807, 2.05) is 55.7 Å². The number of rotatable bonds is 5. The van der Waals surface area contributed by atoms with Crippen LogP contribution in [-0.4, -0.2) is 51.4 Å². The number of fused-ring (bicyclic) bond motifs is 1. The molecule has 0 radical (unpaired) electrons. The Hall–Kier alpha value is -2.68. The second kappa shape index (κ2) is 9.85. The van der Waals surface area contributed by atoms with Crippen LogP contribution in [0.2, 0.25) is 0 Å². The van der Waals surface area contributed by atoms with Gasteiger partial charge in [-0.3, -0.25) is 9.59 Å². The molecule has 9 heteroatoms. The highest BCUT2D eigenvalue weighted by molar-refractivity contribution is 9.10. The number of carbonyl (C=O) groups excluding carboxylic acids is 3. The molecule has 0 spiro atoms. The van der Waals surface area contributed by atoms with Gasteiger partial charge in [-0.25, -0.2) is 9.78 Å². The second-order valence-electron chi connectivity index (χ2n) is 8.79. The topological polar surface area (TPSA) is 93.5 Å². The van der Waals surface area contributed by atoms with Crippen molar-refractivity contribution in [1.29, 1.82) is 0 Å². The zero-order valence-corrected chi connectivity index (χ0v) is 20.4. The number of benzene rings is 1. The average molecular weight is 505 g/mol. The van der Waals surface area contributed by atoms with Gasteiger partial charge in [-0.15, -0.1) is 0 Å². The number of nitrogens with zero attached hydrogens (tertiary/aromatic N) is 3. The van der Waals surface area contributed by atoms with E-state index in [2.05, 4.69) is 26.2 Å². The highest BCUT2D eigenvalue weighted by Crippen LogP contribution is 2.28. The lowest BCUT2D eigenvalue weighted by molar-refractivity contribution is -0.122. The van der Waals surface area contributed by atoms with Crippen molar-refractivity contribution in [3.05, 3.63) is 52.0 Å². The molecular weight excluding hydrogens is 476 g/mol. The lowest BCUT2D eigenvalue weighted by atomic mass is 9.91. The molecule has 1 aromatic carbocycles. The Morgan fingerprint density at radius 2 is 1.88 bits per heavy atom. The fourth-order valence-electron chi connectivity index (χ4n) is 3.73. The maximum absolute atomic E-state index is 13.3. The number of likely N-dealkylation sites (N-methyl/N-ethyl adjacent to an activating group) is 1. The largest absolute Gasteiger partial charge is 0.444 e. The highest BCUT2D eigenvalue weighted by Gasteiger charge is 2.31. The number of imidazole rings is 1. The van der Waals surface area contributed by atoms with Crippen LogP contribution in [0.5, 0.6) is 0 Å². The molecule has 0 saturated carbocycles. The quantitative estimate of drug-likeness (QED) is 0.623. The SMILES string of the molecule is CNC(=O)[C@@H](CC(=O)c1nc(Br)n2c1CN(C(=O)OC(C)(C)C)CCC2)c1ccccc1. The van der Waals surface area contributed by atoms with Crippen LogP contribution in [-0.2, 0) is 22.6 Å². The number of hydrogen-bond donors (Lipinski definition) is 1. The molecule has 1 atom stereocenters. The predicted octanol–water partition coefficient (Wildman–Crippen LogP) is 3.89. The molecule has 32 heavy (non-hydrogen) atoms. The molecule has 0 fully saturated rings. The van der Waals surface area contributed by atoms with Crippen molar-refractivity contribution >= 4 is 33.7 Å². The molecule has 8 nitrogen and oxygen atoms in total. The fourth-order valence-corrected chi connectivity index (χ4v) is 4.30. The fraction of sp³-hybridized carbons (Fsp3) is 0.478. The molecule has 0 bridgehead atoms. The van der Waals surface area contributed by atoms with E-state index in [1.54, 1.807) is 11.9 Å². The monoisotopic (exact) mass is 504 g/mol. The summed E-state index contributed by atoms with van der Waals surface area (Å²) in [5.74, 6) is -1.11. The smallest absolute Gasteiger partial charge is 0.410 e. The molecule has 2 heterocycles. The van der Waals surface area contributed by atoms with E-state index in [9.17, 15) is 14.4 Å². The summed E-state index contributed by atoms with van der Waals surface area (Å²) < 4.78 is 7.98. The molecule has 0 unspecified atom stereocenters. The van der Waals surface area contributed by atoms with Crippen LogP contribution < -0.4 is 5.32 Å². The normalized spacial score (nSPS) is 14.8. The molecule has 0 saturated heterocycles. The first kappa shape index (κ1) is 24.0. The van der Waals surface area contributed by atoms with Crippen LogP contribution >= 0.6 is 15.9 Å². The van der Waals surface area contributed by atoms with Crippen LogP contribution in [0.3, 0.4) is 0 Å².